The molecule has 3 aromatic rings. The summed E-state index contributed by atoms with van der Waals surface area (Å²) in [6.07, 6.45) is 1.44. The predicted molar refractivity (Wildman–Crippen MR) is 107 cm³/mol. The van der Waals surface area contributed by atoms with E-state index in [4.69, 9.17) is 5.73 Å². The second-order valence-corrected chi connectivity index (χ2v) is 7.03. The number of hydrogen-bond donors (Lipinski definition) is 1. The highest BCUT2D eigenvalue weighted by molar-refractivity contribution is 6.08. The van der Waals surface area contributed by atoms with Crippen LogP contribution in [0.25, 0.3) is 11.1 Å². The van der Waals surface area contributed by atoms with E-state index >= 15 is 4.39 Å². The van der Waals surface area contributed by atoms with E-state index in [0.717, 1.165) is 23.2 Å². The Morgan fingerprint density at radius 1 is 1.06 bits per heavy atom. The molecule has 2 aromatic heterocycles. The molecule has 1 unspecified atom stereocenters. The van der Waals surface area contributed by atoms with E-state index in [1.807, 2.05) is 0 Å². The Bertz CT molecular complexity index is 1200. The van der Waals surface area contributed by atoms with E-state index in [-0.39, 0.29) is 22.8 Å². The molecule has 2 N–H and O–H groups in total. The maximum absolute atomic E-state index is 15.1. The molecule has 0 saturated heterocycles. The number of halogens is 3. The summed E-state index contributed by atoms with van der Waals surface area (Å²) in [6.45, 7) is 1.72. The first-order valence-electron chi connectivity index (χ1n) is 9.21. The fraction of sp³-hybridized carbons (Fsp3) is 0.190. The average molecular weight is 426 g/mol. The molecule has 1 amide bonds. The Balaban J connectivity index is 1.98. The molecule has 7 nitrogen and oxygen atoms in total. The Morgan fingerprint density at radius 2 is 1.77 bits per heavy atom. The van der Waals surface area contributed by atoms with Crippen LogP contribution >= 0.6 is 0 Å². The van der Waals surface area contributed by atoms with Crippen molar-refractivity contribution in [1.29, 1.82) is 0 Å². The summed E-state index contributed by atoms with van der Waals surface area (Å²) in [6, 6.07) is 6.24. The normalized spacial score (nSPS) is 18.6. The van der Waals surface area contributed by atoms with Gasteiger partial charge in [0, 0.05) is 42.3 Å². The van der Waals surface area contributed by atoms with E-state index in [1.54, 1.807) is 19.3 Å². The van der Waals surface area contributed by atoms with Crippen LogP contribution in [0.1, 0.15) is 29.1 Å². The third-order valence-electron chi connectivity index (χ3n) is 5.12. The van der Waals surface area contributed by atoms with Crippen LogP contribution in [-0.4, -0.2) is 38.8 Å². The maximum atomic E-state index is 15.1. The molecular formula is C21H17F3N6O. The second-order valence-electron chi connectivity index (χ2n) is 7.03. The third-order valence-corrected chi connectivity index (χ3v) is 5.12. The third kappa shape index (κ3) is 3.29. The van der Waals surface area contributed by atoms with Crippen LogP contribution < -0.4 is 5.73 Å². The van der Waals surface area contributed by atoms with Gasteiger partial charge in [-0.2, -0.15) is 0 Å². The Hall–Kier alpha value is -3.82. The van der Waals surface area contributed by atoms with Gasteiger partial charge in [0.2, 0.25) is 5.54 Å². The van der Waals surface area contributed by atoms with E-state index in [9.17, 15) is 13.6 Å². The molecule has 31 heavy (non-hydrogen) atoms. The van der Waals surface area contributed by atoms with Crippen LogP contribution in [0.5, 0.6) is 0 Å². The van der Waals surface area contributed by atoms with Crippen molar-refractivity contribution in [3.63, 3.8) is 0 Å². The molecule has 1 aliphatic heterocycles. The van der Waals surface area contributed by atoms with Crippen LogP contribution in [0, 0.1) is 12.7 Å². The van der Waals surface area contributed by atoms with Crippen LogP contribution in [-0.2, 0) is 10.3 Å². The number of hydrogen-bond acceptors (Lipinski definition) is 6. The highest BCUT2D eigenvalue weighted by atomic mass is 19.3. The number of nitrogens with two attached hydrogens (primary N) is 1. The highest BCUT2D eigenvalue weighted by Gasteiger charge is 2.52. The number of alkyl halides is 2. The van der Waals surface area contributed by atoms with Gasteiger partial charge in [-0.05, 0) is 36.8 Å². The molecule has 0 bridgehead atoms. The Kier molecular flexibility index (Phi) is 4.92. The van der Waals surface area contributed by atoms with Crippen LogP contribution in [0.2, 0.25) is 0 Å². The number of aryl methyl sites for hydroxylation is 1. The molecule has 1 atom stereocenters. The van der Waals surface area contributed by atoms with Crippen molar-refractivity contribution in [3.8, 4) is 11.1 Å². The summed E-state index contributed by atoms with van der Waals surface area (Å²) in [7, 11) is 1.37. The van der Waals surface area contributed by atoms with Crippen molar-refractivity contribution in [1.82, 2.24) is 19.9 Å². The van der Waals surface area contributed by atoms with Gasteiger partial charge in [0.15, 0.2) is 5.96 Å². The van der Waals surface area contributed by atoms with Crippen LogP contribution in [0.15, 0.2) is 53.9 Å². The lowest BCUT2D eigenvalue weighted by atomic mass is 9.84. The number of carbonyl (C=O) groups is 1. The summed E-state index contributed by atoms with van der Waals surface area (Å²) in [5, 5.41) is 0. The van der Waals surface area contributed by atoms with E-state index < -0.39 is 23.7 Å². The SMILES string of the molecule is Cc1ncc(-c2ccc(F)c(C3(c4cc(C(F)F)ccn4)N=C(N)N(C)C3=O)c2)cn1. The standard InChI is InChI=1S/C21H17F3N6O/c1-11-27-9-14(10-28-11)12-3-4-16(22)15(7-12)21(19(31)30(2)20(25)29-21)17-8-13(18(23)24)5-6-26-17/h3-10,18H,1-2H3,(H2,25,29). The van der Waals surface area contributed by atoms with Gasteiger partial charge in [0.1, 0.15) is 11.6 Å². The van der Waals surface area contributed by atoms with Crippen molar-refractivity contribution >= 4 is 11.9 Å². The number of rotatable bonds is 4. The molecule has 1 aromatic carbocycles. The van der Waals surface area contributed by atoms with Gasteiger partial charge in [-0.15, -0.1) is 0 Å². The van der Waals surface area contributed by atoms with Crippen molar-refractivity contribution in [2.45, 2.75) is 18.9 Å². The molecular weight excluding hydrogens is 409 g/mol. The molecule has 0 saturated carbocycles. The van der Waals surface area contributed by atoms with Gasteiger partial charge in [-0.1, -0.05) is 6.07 Å². The molecule has 4 rings (SSSR count). The van der Waals surface area contributed by atoms with E-state index in [1.165, 1.54) is 25.2 Å². The average Bonchev–Trinajstić information content (AvgIpc) is 2.99. The summed E-state index contributed by atoms with van der Waals surface area (Å²) < 4.78 is 41.8. The Labute approximate surface area is 175 Å². The lowest BCUT2D eigenvalue weighted by Gasteiger charge is -2.26. The fourth-order valence-electron chi connectivity index (χ4n) is 3.43. The number of benzene rings is 1. The summed E-state index contributed by atoms with van der Waals surface area (Å²) >= 11 is 0. The first-order chi connectivity index (χ1) is 14.7. The number of carbonyl (C=O) groups excluding carboxylic acids is 1. The zero-order chi connectivity index (χ0) is 22.3. The monoisotopic (exact) mass is 426 g/mol. The van der Waals surface area contributed by atoms with Crippen molar-refractivity contribution in [3.05, 3.63) is 77.4 Å². The number of aliphatic imine (C=N–C) groups is 1. The first kappa shape index (κ1) is 20.5. The Morgan fingerprint density at radius 3 is 2.39 bits per heavy atom. The van der Waals surface area contributed by atoms with Gasteiger partial charge in [-0.25, -0.2) is 28.1 Å². The van der Waals surface area contributed by atoms with Gasteiger partial charge in [-0.3, -0.25) is 14.7 Å². The topological polar surface area (TPSA) is 97.4 Å². The molecule has 0 fully saturated rings. The number of likely N-dealkylation sites (N-methyl/N-ethyl adjacent to an activating group) is 1. The first-order valence-corrected chi connectivity index (χ1v) is 9.21. The smallest absolute Gasteiger partial charge is 0.268 e. The van der Waals surface area contributed by atoms with Crippen molar-refractivity contribution in [2.75, 3.05) is 7.05 Å². The minimum absolute atomic E-state index is 0.154. The van der Waals surface area contributed by atoms with Gasteiger partial charge >= 0.3 is 0 Å². The number of aromatic nitrogens is 3. The molecule has 0 spiro atoms. The summed E-state index contributed by atoms with van der Waals surface area (Å²) in [5.41, 5.74) is 4.22. The highest BCUT2D eigenvalue weighted by Crippen LogP contribution is 2.41. The molecule has 0 radical (unpaired) electrons. The quantitative estimate of drug-likeness (QED) is 0.692. The lowest BCUT2D eigenvalue weighted by Crippen LogP contribution is -2.42. The zero-order valence-electron chi connectivity index (χ0n) is 16.6. The van der Waals surface area contributed by atoms with Crippen molar-refractivity contribution in [2.24, 2.45) is 10.7 Å². The van der Waals surface area contributed by atoms with E-state index in [2.05, 4.69) is 19.9 Å². The van der Waals surface area contributed by atoms with Crippen LogP contribution in [0.4, 0.5) is 13.2 Å². The van der Waals surface area contributed by atoms with Gasteiger partial charge < -0.3 is 5.73 Å². The predicted octanol–water partition coefficient (Wildman–Crippen LogP) is 2.95. The van der Waals surface area contributed by atoms with Crippen molar-refractivity contribution < 1.29 is 18.0 Å². The molecule has 3 heterocycles. The molecule has 158 valence electrons. The van der Waals surface area contributed by atoms with E-state index in [0.29, 0.717) is 17.0 Å². The largest absolute Gasteiger partial charge is 0.369 e. The number of pyridine rings is 1. The number of amides is 1. The zero-order valence-corrected chi connectivity index (χ0v) is 16.6. The number of guanidine groups is 1. The van der Waals surface area contributed by atoms with Gasteiger partial charge in [0.25, 0.3) is 12.3 Å². The minimum atomic E-state index is -2.81. The molecule has 0 aliphatic carbocycles. The minimum Gasteiger partial charge on any atom is -0.369 e. The molecule has 10 heteroatoms. The van der Waals surface area contributed by atoms with Crippen LogP contribution in [0.3, 0.4) is 0 Å². The maximum Gasteiger partial charge on any atom is 0.268 e. The summed E-state index contributed by atoms with van der Waals surface area (Å²) in [4.78, 5) is 30.9. The van der Waals surface area contributed by atoms with Gasteiger partial charge in [0.05, 0.1) is 5.69 Å². The molecule has 1 aliphatic rings. The summed E-state index contributed by atoms with van der Waals surface area (Å²) in [5.74, 6) is -1.10. The second kappa shape index (κ2) is 7.46. The number of nitrogens with zero attached hydrogens (tertiary/aromatic N) is 5. The lowest BCUT2D eigenvalue weighted by molar-refractivity contribution is -0.129. The fourth-order valence-corrected chi connectivity index (χ4v) is 3.43.